The average molecular weight is 445 g/mol. The van der Waals surface area contributed by atoms with Crippen LogP contribution >= 0.6 is 0 Å². The Hall–Kier alpha value is -3.40. The summed E-state index contributed by atoms with van der Waals surface area (Å²) in [5.41, 5.74) is 0.705. The summed E-state index contributed by atoms with van der Waals surface area (Å²) in [6, 6.07) is 11.9. The second kappa shape index (κ2) is 8.76. The molecule has 1 aliphatic rings. The molecule has 0 radical (unpaired) electrons. The summed E-state index contributed by atoms with van der Waals surface area (Å²) in [5, 5.41) is 2.48. The van der Waals surface area contributed by atoms with Crippen LogP contribution in [0.15, 0.2) is 53.4 Å². The van der Waals surface area contributed by atoms with Crippen LogP contribution in [-0.4, -0.2) is 62.1 Å². The normalized spacial score (nSPS) is 15.2. The summed E-state index contributed by atoms with van der Waals surface area (Å²) >= 11 is 0. The van der Waals surface area contributed by atoms with Gasteiger partial charge in [0.1, 0.15) is 23.2 Å². The fourth-order valence-corrected chi connectivity index (χ4v) is 4.88. The van der Waals surface area contributed by atoms with Crippen molar-refractivity contribution >= 4 is 27.7 Å². The van der Waals surface area contributed by atoms with Crippen molar-refractivity contribution in [3.05, 3.63) is 59.7 Å². The highest BCUT2D eigenvalue weighted by molar-refractivity contribution is 7.90. The zero-order valence-corrected chi connectivity index (χ0v) is 18.2. The van der Waals surface area contributed by atoms with Crippen molar-refractivity contribution in [1.82, 2.24) is 14.5 Å². The summed E-state index contributed by atoms with van der Waals surface area (Å²) in [4.78, 5) is 39.2. The summed E-state index contributed by atoms with van der Waals surface area (Å²) in [5.74, 6) is -1.29. The fraction of sp³-hybridized carbons (Fsp3) is 0.286. The van der Waals surface area contributed by atoms with Crippen molar-refractivity contribution in [2.75, 3.05) is 20.7 Å². The first-order valence-electron chi connectivity index (χ1n) is 9.50. The van der Waals surface area contributed by atoms with Crippen LogP contribution in [0.1, 0.15) is 22.8 Å². The molecule has 3 rings (SSSR count). The fourth-order valence-electron chi connectivity index (χ4n) is 3.36. The Bertz CT molecular complexity index is 1130. The van der Waals surface area contributed by atoms with Gasteiger partial charge in [-0.1, -0.05) is 24.3 Å². The average Bonchev–Trinajstić information content (AvgIpc) is 2.97. The Labute approximate surface area is 180 Å². The second-order valence-electron chi connectivity index (χ2n) is 6.98. The Kier molecular flexibility index (Phi) is 6.30. The minimum absolute atomic E-state index is 0.0222. The zero-order valence-electron chi connectivity index (χ0n) is 17.4. The van der Waals surface area contributed by atoms with E-state index in [1.165, 1.54) is 44.2 Å². The summed E-state index contributed by atoms with van der Waals surface area (Å²) < 4.78 is 31.3. The van der Waals surface area contributed by atoms with Gasteiger partial charge in [-0.15, -0.1) is 0 Å². The number of ether oxygens (including phenoxy) is 1. The molecule has 0 aliphatic carbocycles. The lowest BCUT2D eigenvalue weighted by Crippen LogP contribution is -2.50. The Morgan fingerprint density at radius 2 is 1.87 bits per heavy atom. The van der Waals surface area contributed by atoms with Crippen molar-refractivity contribution in [2.24, 2.45) is 0 Å². The lowest BCUT2D eigenvalue weighted by atomic mass is 10.1. The molecule has 2 aromatic carbocycles. The lowest BCUT2D eigenvalue weighted by Gasteiger charge is -2.29. The summed E-state index contributed by atoms with van der Waals surface area (Å²) in [6.45, 7) is 0.854. The number of fused-ring (bicyclic) bond motifs is 1. The molecule has 3 amide bonds. The molecule has 31 heavy (non-hydrogen) atoms. The van der Waals surface area contributed by atoms with Crippen LogP contribution in [0.3, 0.4) is 0 Å². The smallest absolute Gasteiger partial charge is 0.269 e. The molecule has 1 aliphatic heterocycles. The number of hydrogen-bond acceptors (Lipinski definition) is 6. The molecule has 1 N–H and O–H groups in total. The minimum Gasteiger partial charge on any atom is -0.497 e. The van der Waals surface area contributed by atoms with Crippen molar-refractivity contribution in [3.63, 3.8) is 0 Å². The number of carbonyl (C=O) groups excluding carboxylic acids is 3. The van der Waals surface area contributed by atoms with E-state index in [2.05, 4.69) is 5.32 Å². The molecule has 1 heterocycles. The van der Waals surface area contributed by atoms with E-state index in [-0.39, 0.29) is 17.0 Å². The van der Waals surface area contributed by atoms with Gasteiger partial charge < -0.3 is 15.0 Å². The van der Waals surface area contributed by atoms with Gasteiger partial charge in [0, 0.05) is 13.6 Å². The van der Waals surface area contributed by atoms with Crippen molar-refractivity contribution in [3.8, 4) is 5.75 Å². The van der Waals surface area contributed by atoms with Crippen LogP contribution in [0.5, 0.6) is 5.75 Å². The van der Waals surface area contributed by atoms with E-state index in [1.807, 2.05) is 0 Å². The van der Waals surface area contributed by atoms with Gasteiger partial charge in [0.25, 0.3) is 15.9 Å². The molecule has 2 aromatic rings. The molecule has 0 fully saturated rings. The van der Waals surface area contributed by atoms with E-state index < -0.39 is 40.3 Å². The predicted molar refractivity (Wildman–Crippen MR) is 112 cm³/mol. The van der Waals surface area contributed by atoms with E-state index in [0.717, 1.165) is 0 Å². The standard InChI is InChI=1S/C21H23N3O6S/c1-14(20(26)22-2)23(12-15-7-6-8-16(11-15)30-3)19(25)13-24-21(27)17-9-4-5-10-18(17)31(24,28)29/h4-11,14H,12-13H2,1-3H3,(H,22,26)/t14-/m0/s1. The molecule has 0 spiro atoms. The van der Waals surface area contributed by atoms with Gasteiger partial charge in [0.05, 0.1) is 12.7 Å². The Morgan fingerprint density at radius 3 is 2.52 bits per heavy atom. The van der Waals surface area contributed by atoms with Gasteiger partial charge in [0.15, 0.2) is 0 Å². The van der Waals surface area contributed by atoms with Crippen LogP contribution in [0.25, 0.3) is 0 Å². The molecule has 164 valence electrons. The first-order valence-corrected chi connectivity index (χ1v) is 10.9. The largest absolute Gasteiger partial charge is 0.497 e. The van der Waals surface area contributed by atoms with E-state index in [1.54, 1.807) is 30.3 Å². The molecule has 1 atom stereocenters. The predicted octanol–water partition coefficient (Wildman–Crippen LogP) is 1.00. The molecular formula is C21H23N3O6S. The third-order valence-electron chi connectivity index (χ3n) is 5.09. The maximum absolute atomic E-state index is 13.2. The SMILES string of the molecule is CNC(=O)[C@H](C)N(Cc1cccc(OC)c1)C(=O)CN1C(=O)c2ccccc2S1(=O)=O. The van der Waals surface area contributed by atoms with Gasteiger partial charge in [-0.05, 0) is 36.8 Å². The summed E-state index contributed by atoms with van der Waals surface area (Å²) in [7, 11) is -1.19. The number of likely N-dealkylation sites (N-methyl/N-ethyl adjacent to an activating group) is 1. The highest BCUT2D eigenvalue weighted by atomic mass is 32.2. The molecule has 10 heteroatoms. The first-order chi connectivity index (χ1) is 14.7. The second-order valence-corrected chi connectivity index (χ2v) is 8.81. The van der Waals surface area contributed by atoms with Crippen LogP contribution in [0.4, 0.5) is 0 Å². The molecule has 0 saturated carbocycles. The number of amides is 3. The molecule has 0 aromatic heterocycles. The first kappa shape index (κ1) is 22.3. The van der Waals surface area contributed by atoms with E-state index in [0.29, 0.717) is 15.6 Å². The molecule has 0 saturated heterocycles. The van der Waals surface area contributed by atoms with Gasteiger partial charge in [-0.3, -0.25) is 14.4 Å². The number of carbonyl (C=O) groups is 3. The maximum Gasteiger partial charge on any atom is 0.269 e. The van der Waals surface area contributed by atoms with Crippen molar-refractivity contribution in [2.45, 2.75) is 24.4 Å². The van der Waals surface area contributed by atoms with Gasteiger partial charge in [0.2, 0.25) is 11.8 Å². The third kappa shape index (κ3) is 4.24. The molecular weight excluding hydrogens is 422 g/mol. The number of rotatable bonds is 7. The van der Waals surface area contributed by atoms with Gasteiger partial charge in [-0.25, -0.2) is 12.7 Å². The summed E-state index contributed by atoms with van der Waals surface area (Å²) in [6.07, 6.45) is 0. The van der Waals surface area contributed by atoms with Crippen LogP contribution in [-0.2, 0) is 26.2 Å². The lowest BCUT2D eigenvalue weighted by molar-refractivity contribution is -0.140. The van der Waals surface area contributed by atoms with Crippen molar-refractivity contribution < 1.29 is 27.5 Å². The number of nitrogens with one attached hydrogen (secondary N) is 1. The topological polar surface area (TPSA) is 113 Å². The number of methoxy groups -OCH3 is 1. The molecule has 0 unspecified atom stereocenters. The maximum atomic E-state index is 13.2. The quantitative estimate of drug-likeness (QED) is 0.680. The van der Waals surface area contributed by atoms with E-state index in [4.69, 9.17) is 4.74 Å². The van der Waals surface area contributed by atoms with Crippen molar-refractivity contribution in [1.29, 1.82) is 0 Å². The number of sulfonamides is 1. The number of benzene rings is 2. The number of nitrogens with zero attached hydrogens (tertiary/aromatic N) is 2. The van der Waals surface area contributed by atoms with Crippen LogP contribution in [0.2, 0.25) is 0 Å². The molecule has 9 nitrogen and oxygen atoms in total. The third-order valence-corrected chi connectivity index (χ3v) is 6.88. The minimum atomic E-state index is -4.14. The van der Waals surface area contributed by atoms with E-state index >= 15 is 0 Å². The van der Waals surface area contributed by atoms with E-state index in [9.17, 15) is 22.8 Å². The molecule has 0 bridgehead atoms. The highest BCUT2D eigenvalue weighted by Gasteiger charge is 2.43. The Balaban J connectivity index is 1.90. The van der Waals surface area contributed by atoms with Crippen LogP contribution < -0.4 is 10.1 Å². The van der Waals surface area contributed by atoms with Crippen LogP contribution in [0, 0.1) is 0 Å². The monoisotopic (exact) mass is 445 g/mol. The Morgan fingerprint density at radius 1 is 1.16 bits per heavy atom. The highest BCUT2D eigenvalue weighted by Crippen LogP contribution is 2.30. The zero-order chi connectivity index (χ0) is 22.8. The van der Waals surface area contributed by atoms with Gasteiger partial charge in [-0.2, -0.15) is 0 Å². The van der Waals surface area contributed by atoms with Gasteiger partial charge >= 0.3 is 0 Å². The number of hydrogen-bond donors (Lipinski definition) is 1.